The van der Waals surface area contributed by atoms with Crippen molar-refractivity contribution in [3.63, 3.8) is 0 Å². The Morgan fingerprint density at radius 1 is 1.30 bits per heavy atom. The predicted octanol–water partition coefficient (Wildman–Crippen LogP) is 3.57. The van der Waals surface area contributed by atoms with Crippen LogP contribution in [0.2, 0.25) is 0 Å². The zero-order valence-corrected chi connectivity index (χ0v) is 15.2. The number of halogens is 2. The first kappa shape index (κ1) is 20.5. The van der Waals surface area contributed by atoms with Crippen molar-refractivity contribution < 1.29 is 28.2 Å². The van der Waals surface area contributed by atoms with E-state index in [1.807, 2.05) is 13.8 Å². The minimum absolute atomic E-state index is 0.0514. The fourth-order valence-corrected chi connectivity index (χ4v) is 2.63. The van der Waals surface area contributed by atoms with E-state index >= 15 is 0 Å². The van der Waals surface area contributed by atoms with Crippen molar-refractivity contribution in [2.45, 2.75) is 33.4 Å². The van der Waals surface area contributed by atoms with Crippen molar-refractivity contribution in [2.24, 2.45) is 5.92 Å². The highest BCUT2D eigenvalue weighted by atomic mass is 19.3. The number of hydrogen-bond donors (Lipinski definition) is 2. The van der Waals surface area contributed by atoms with Crippen LogP contribution < -0.4 is 5.32 Å². The third kappa shape index (κ3) is 5.10. The molecule has 146 valence electrons. The molecule has 0 aliphatic heterocycles. The van der Waals surface area contributed by atoms with E-state index in [1.54, 1.807) is 0 Å². The molecular formula is C18H21F2N3O4. The molecule has 0 aliphatic rings. The van der Waals surface area contributed by atoms with Gasteiger partial charge in [-0.1, -0.05) is 13.8 Å². The maximum atomic E-state index is 13.5. The number of amides is 1. The van der Waals surface area contributed by atoms with Crippen LogP contribution in [-0.4, -0.2) is 33.9 Å². The molecule has 0 saturated heterocycles. The van der Waals surface area contributed by atoms with Crippen molar-refractivity contribution >= 4 is 17.6 Å². The van der Waals surface area contributed by atoms with Gasteiger partial charge >= 0.3 is 5.97 Å². The summed E-state index contributed by atoms with van der Waals surface area (Å²) in [4.78, 5) is 23.8. The number of carbonyl (C=O) groups excluding carboxylic acids is 1. The van der Waals surface area contributed by atoms with Gasteiger partial charge in [0.25, 0.3) is 12.3 Å². The van der Waals surface area contributed by atoms with E-state index in [2.05, 4.69) is 10.4 Å². The molecule has 0 atom stereocenters. The number of nitrogens with zero attached hydrogens (tertiary/aromatic N) is 2. The number of rotatable bonds is 8. The number of ether oxygens (including phenoxy) is 1. The van der Waals surface area contributed by atoms with Gasteiger partial charge < -0.3 is 15.2 Å². The van der Waals surface area contributed by atoms with Crippen LogP contribution in [0.5, 0.6) is 0 Å². The monoisotopic (exact) mass is 381 g/mol. The second kappa shape index (κ2) is 8.72. The van der Waals surface area contributed by atoms with E-state index in [9.17, 15) is 23.5 Å². The van der Waals surface area contributed by atoms with Gasteiger partial charge in [-0.25, -0.2) is 13.6 Å². The fraction of sp³-hybridized carbons (Fsp3) is 0.389. The molecule has 0 saturated carbocycles. The minimum atomic E-state index is -2.87. The maximum absolute atomic E-state index is 13.5. The Kier molecular flexibility index (Phi) is 6.62. The Bertz CT molecular complexity index is 834. The van der Waals surface area contributed by atoms with Gasteiger partial charge in [0, 0.05) is 19.3 Å². The summed E-state index contributed by atoms with van der Waals surface area (Å²) in [5.74, 6) is -1.89. The number of nitrogens with one attached hydrogen (secondary N) is 1. The van der Waals surface area contributed by atoms with Crippen LogP contribution >= 0.6 is 0 Å². The number of carboxylic acid groups (broad SMARTS) is 1. The van der Waals surface area contributed by atoms with E-state index in [0.717, 1.165) is 10.9 Å². The third-order valence-electron chi connectivity index (χ3n) is 3.68. The number of aromatic nitrogens is 2. The molecule has 1 aromatic carbocycles. The molecule has 1 aromatic heterocycles. The zero-order chi connectivity index (χ0) is 20.1. The topological polar surface area (TPSA) is 93.5 Å². The summed E-state index contributed by atoms with van der Waals surface area (Å²) in [5.41, 5.74) is -0.0714. The smallest absolute Gasteiger partial charge is 0.335 e. The lowest BCUT2D eigenvalue weighted by atomic mass is 10.1. The summed E-state index contributed by atoms with van der Waals surface area (Å²) in [7, 11) is 1.45. The van der Waals surface area contributed by atoms with Gasteiger partial charge in [-0.05, 0) is 29.7 Å². The van der Waals surface area contributed by atoms with Crippen molar-refractivity contribution in [1.82, 2.24) is 9.78 Å². The number of aromatic carboxylic acids is 1. The number of hydrogen-bond acceptors (Lipinski definition) is 4. The molecule has 7 nitrogen and oxygen atoms in total. The molecule has 2 rings (SSSR count). The summed E-state index contributed by atoms with van der Waals surface area (Å²) in [5, 5.41) is 15.6. The average molecular weight is 381 g/mol. The highest BCUT2D eigenvalue weighted by Crippen LogP contribution is 2.25. The summed E-state index contributed by atoms with van der Waals surface area (Å²) >= 11 is 0. The SMILES string of the molecule is COCc1cc(NC(=O)c2cnn(CC(C)C)c2C(F)F)cc(C(=O)O)c1. The average Bonchev–Trinajstić information content (AvgIpc) is 2.98. The molecule has 1 amide bonds. The number of alkyl halides is 2. The molecular weight excluding hydrogens is 360 g/mol. The third-order valence-corrected chi connectivity index (χ3v) is 3.68. The van der Waals surface area contributed by atoms with Crippen LogP contribution in [0, 0.1) is 5.92 Å². The lowest BCUT2D eigenvalue weighted by Gasteiger charge is -2.12. The van der Waals surface area contributed by atoms with Crippen LogP contribution in [0.1, 0.15) is 52.2 Å². The maximum Gasteiger partial charge on any atom is 0.335 e. The molecule has 0 fully saturated rings. The lowest BCUT2D eigenvalue weighted by molar-refractivity contribution is 0.0696. The van der Waals surface area contributed by atoms with Gasteiger partial charge in [-0.3, -0.25) is 9.48 Å². The number of benzene rings is 1. The number of carbonyl (C=O) groups is 2. The van der Waals surface area contributed by atoms with Gasteiger partial charge in [-0.2, -0.15) is 5.10 Å². The highest BCUT2D eigenvalue weighted by Gasteiger charge is 2.25. The summed E-state index contributed by atoms with van der Waals surface area (Å²) in [6.45, 7) is 4.09. The molecule has 0 aliphatic carbocycles. The molecule has 27 heavy (non-hydrogen) atoms. The lowest BCUT2D eigenvalue weighted by Crippen LogP contribution is -2.17. The van der Waals surface area contributed by atoms with Crippen molar-refractivity contribution in [2.75, 3.05) is 12.4 Å². The second-order valence-corrected chi connectivity index (χ2v) is 6.43. The largest absolute Gasteiger partial charge is 0.478 e. The molecule has 1 heterocycles. The molecule has 0 radical (unpaired) electrons. The van der Waals surface area contributed by atoms with Gasteiger partial charge in [0.2, 0.25) is 0 Å². The summed E-state index contributed by atoms with van der Waals surface area (Å²) in [6.07, 6.45) is -1.78. The Morgan fingerprint density at radius 3 is 2.56 bits per heavy atom. The fourth-order valence-electron chi connectivity index (χ4n) is 2.63. The first-order valence-corrected chi connectivity index (χ1v) is 8.24. The molecule has 0 unspecified atom stereocenters. The van der Waals surface area contributed by atoms with Crippen LogP contribution in [0.4, 0.5) is 14.5 Å². The number of methoxy groups -OCH3 is 1. The first-order chi connectivity index (χ1) is 12.7. The van der Waals surface area contributed by atoms with E-state index in [-0.39, 0.29) is 35.9 Å². The first-order valence-electron chi connectivity index (χ1n) is 8.24. The van der Waals surface area contributed by atoms with Crippen LogP contribution in [0.15, 0.2) is 24.4 Å². The Labute approximate surface area is 154 Å². The quantitative estimate of drug-likeness (QED) is 0.729. The van der Waals surface area contributed by atoms with Crippen molar-refractivity contribution in [1.29, 1.82) is 0 Å². The van der Waals surface area contributed by atoms with E-state index in [0.29, 0.717) is 5.56 Å². The minimum Gasteiger partial charge on any atom is -0.478 e. The van der Waals surface area contributed by atoms with E-state index < -0.39 is 24.0 Å². The Balaban J connectivity index is 2.34. The van der Waals surface area contributed by atoms with Gasteiger partial charge in [0.05, 0.1) is 23.9 Å². The molecule has 0 spiro atoms. The zero-order valence-electron chi connectivity index (χ0n) is 15.2. The number of anilines is 1. The summed E-state index contributed by atoms with van der Waals surface area (Å²) < 4.78 is 33.0. The van der Waals surface area contributed by atoms with Crippen molar-refractivity contribution in [3.8, 4) is 0 Å². The normalized spacial score (nSPS) is 11.2. The molecule has 2 N–H and O–H groups in total. The molecule has 9 heteroatoms. The predicted molar refractivity (Wildman–Crippen MR) is 94.1 cm³/mol. The van der Waals surface area contributed by atoms with Crippen LogP contribution in [0.25, 0.3) is 0 Å². The Morgan fingerprint density at radius 2 is 2.00 bits per heavy atom. The van der Waals surface area contributed by atoms with Gasteiger partial charge in [-0.15, -0.1) is 0 Å². The van der Waals surface area contributed by atoms with Gasteiger partial charge in [0.1, 0.15) is 5.69 Å². The molecule has 2 aromatic rings. The second-order valence-electron chi connectivity index (χ2n) is 6.43. The standard InChI is InChI=1S/C18H21F2N3O4/c1-10(2)8-23-15(16(19)20)14(7-21-23)17(24)22-13-5-11(9-27-3)4-12(6-13)18(25)26/h4-7,10,16H,8-9H2,1-3H3,(H,22,24)(H,25,26). The summed E-state index contributed by atoms with van der Waals surface area (Å²) in [6, 6.07) is 4.18. The van der Waals surface area contributed by atoms with Crippen molar-refractivity contribution in [3.05, 3.63) is 46.8 Å². The van der Waals surface area contributed by atoms with Gasteiger partial charge in [0.15, 0.2) is 0 Å². The van der Waals surface area contributed by atoms with Crippen LogP contribution in [0.3, 0.4) is 0 Å². The van der Waals surface area contributed by atoms with Crippen LogP contribution in [-0.2, 0) is 17.9 Å². The number of carboxylic acids is 1. The van der Waals surface area contributed by atoms with E-state index in [4.69, 9.17) is 4.74 Å². The highest BCUT2D eigenvalue weighted by molar-refractivity contribution is 6.05. The van der Waals surface area contributed by atoms with E-state index in [1.165, 1.54) is 25.3 Å². The molecule has 0 bridgehead atoms. The Hall–Kier alpha value is -2.81.